The van der Waals surface area contributed by atoms with E-state index in [2.05, 4.69) is 20.1 Å². The molecule has 1 amide bonds. The predicted octanol–water partition coefficient (Wildman–Crippen LogP) is 2.20. The number of carbonyl (C=O) groups excluding carboxylic acids is 1. The highest BCUT2D eigenvalue weighted by molar-refractivity contribution is 14.0. The molecule has 0 bridgehead atoms. The third-order valence-electron chi connectivity index (χ3n) is 4.45. The first-order chi connectivity index (χ1) is 13.9. The number of carbonyl (C=O) groups is 1. The minimum atomic E-state index is -3.06. The van der Waals surface area contributed by atoms with Gasteiger partial charge in [0, 0.05) is 45.5 Å². The van der Waals surface area contributed by atoms with Crippen LogP contribution in [0.5, 0.6) is 5.75 Å². The monoisotopic (exact) mass is 538 g/mol. The van der Waals surface area contributed by atoms with Gasteiger partial charge >= 0.3 is 6.61 Å². The van der Waals surface area contributed by atoms with Crippen LogP contribution in [-0.2, 0) is 18.4 Å². The number of anilines is 1. The lowest BCUT2D eigenvalue weighted by atomic mass is 10.2. The van der Waals surface area contributed by atoms with Gasteiger partial charge in [0.2, 0.25) is 5.91 Å². The van der Waals surface area contributed by atoms with E-state index in [1.54, 1.807) is 33.9 Å². The van der Waals surface area contributed by atoms with E-state index in [-0.39, 0.29) is 54.3 Å². The molecule has 0 unspecified atom stereocenters. The summed E-state index contributed by atoms with van der Waals surface area (Å²) in [6.07, 6.45) is 3.37. The number of aromatic nitrogens is 2. The van der Waals surface area contributed by atoms with E-state index in [0.29, 0.717) is 24.7 Å². The molecule has 0 aliphatic carbocycles. The molecular weight excluding hydrogens is 516 g/mol. The number of hydrogen-bond acceptors (Lipinski definition) is 4. The van der Waals surface area contributed by atoms with Crippen molar-refractivity contribution in [2.45, 2.75) is 13.2 Å². The molecule has 0 spiro atoms. The Morgan fingerprint density at radius 3 is 2.73 bits per heavy atom. The maximum absolute atomic E-state index is 14.1. The molecule has 1 fully saturated rings. The molecule has 0 radical (unpaired) electrons. The molecule has 8 nitrogen and oxygen atoms in total. The summed E-state index contributed by atoms with van der Waals surface area (Å²) in [5.74, 6) is -0.709. The van der Waals surface area contributed by atoms with E-state index in [0.717, 1.165) is 6.07 Å². The maximum Gasteiger partial charge on any atom is 0.387 e. The fourth-order valence-corrected chi connectivity index (χ4v) is 3.09. The third-order valence-corrected chi connectivity index (χ3v) is 4.45. The Bertz CT molecular complexity index is 908. The van der Waals surface area contributed by atoms with Crippen LogP contribution in [0.25, 0.3) is 0 Å². The molecule has 1 aliphatic heterocycles. The highest BCUT2D eigenvalue weighted by Gasteiger charge is 2.28. The van der Waals surface area contributed by atoms with Crippen molar-refractivity contribution < 1.29 is 22.7 Å². The smallest absolute Gasteiger partial charge is 0.387 e. The van der Waals surface area contributed by atoms with Crippen molar-refractivity contribution in [2.24, 2.45) is 12.0 Å². The van der Waals surface area contributed by atoms with Gasteiger partial charge in [-0.3, -0.25) is 14.5 Å². The van der Waals surface area contributed by atoms with E-state index >= 15 is 0 Å². The number of nitrogens with zero attached hydrogens (tertiary/aromatic N) is 5. The quantitative estimate of drug-likeness (QED) is 0.359. The van der Waals surface area contributed by atoms with Gasteiger partial charge in [0.15, 0.2) is 5.96 Å². The lowest BCUT2D eigenvalue weighted by molar-refractivity contribution is -0.120. The summed E-state index contributed by atoms with van der Waals surface area (Å²) in [7, 11) is 3.29. The number of piperazine rings is 1. The van der Waals surface area contributed by atoms with Gasteiger partial charge in [0.1, 0.15) is 18.1 Å². The summed E-state index contributed by atoms with van der Waals surface area (Å²) >= 11 is 0. The summed E-state index contributed by atoms with van der Waals surface area (Å²) in [5, 5.41) is 6.98. The van der Waals surface area contributed by atoms with Crippen LogP contribution >= 0.6 is 24.0 Å². The molecule has 12 heteroatoms. The van der Waals surface area contributed by atoms with E-state index in [1.807, 2.05) is 0 Å². The zero-order chi connectivity index (χ0) is 21.0. The molecule has 0 saturated carbocycles. The van der Waals surface area contributed by atoms with E-state index in [1.165, 1.54) is 19.2 Å². The molecule has 2 heterocycles. The fourth-order valence-electron chi connectivity index (χ4n) is 3.09. The second-order valence-electron chi connectivity index (χ2n) is 6.33. The molecule has 1 aliphatic rings. The van der Waals surface area contributed by atoms with Crippen molar-refractivity contribution in [3.05, 3.63) is 42.0 Å². The van der Waals surface area contributed by atoms with Crippen LogP contribution in [-0.4, -0.2) is 59.8 Å². The Kier molecular flexibility index (Phi) is 8.32. The van der Waals surface area contributed by atoms with Gasteiger partial charge in [0.25, 0.3) is 0 Å². The van der Waals surface area contributed by atoms with Gasteiger partial charge in [0.05, 0.1) is 11.9 Å². The number of rotatable bonds is 5. The minimum Gasteiger partial charge on any atom is -0.434 e. The molecular formula is C18H22F3IN6O2. The zero-order valence-corrected chi connectivity index (χ0v) is 18.7. The first-order valence-corrected chi connectivity index (χ1v) is 8.86. The Hall–Kier alpha value is -2.51. The summed E-state index contributed by atoms with van der Waals surface area (Å²) in [5.41, 5.74) is 0.662. The van der Waals surface area contributed by atoms with Crippen molar-refractivity contribution in [3.8, 4) is 5.75 Å². The van der Waals surface area contributed by atoms with Gasteiger partial charge in [-0.25, -0.2) is 4.39 Å². The Balaban J connectivity index is 0.00000320. The molecule has 164 valence electrons. The second-order valence-corrected chi connectivity index (χ2v) is 6.33. The van der Waals surface area contributed by atoms with Crippen LogP contribution in [0, 0.1) is 5.82 Å². The number of aliphatic imine (C=N–C) groups is 1. The largest absolute Gasteiger partial charge is 0.434 e. The van der Waals surface area contributed by atoms with E-state index in [4.69, 9.17) is 0 Å². The molecule has 1 aromatic heterocycles. The average Bonchev–Trinajstić information content (AvgIpc) is 3.10. The molecule has 0 atom stereocenters. The van der Waals surface area contributed by atoms with Gasteiger partial charge in [-0.05, 0) is 12.1 Å². The van der Waals surface area contributed by atoms with Crippen molar-refractivity contribution in [1.29, 1.82) is 0 Å². The maximum atomic E-state index is 14.1. The SMILES string of the molecule is CN=C(NCc1c(F)cccc1OC(F)F)N1CCN(c2cnn(C)c2)C(=O)C1.I. The van der Waals surface area contributed by atoms with Gasteiger partial charge in [-0.2, -0.15) is 13.9 Å². The number of amides is 1. The molecule has 1 N–H and O–H groups in total. The summed E-state index contributed by atoms with van der Waals surface area (Å²) in [4.78, 5) is 20.0. The number of aryl methyl sites for hydroxylation is 1. The van der Waals surface area contributed by atoms with Crippen LogP contribution in [0.3, 0.4) is 0 Å². The van der Waals surface area contributed by atoms with Crippen molar-refractivity contribution >= 4 is 41.5 Å². The average molecular weight is 538 g/mol. The normalized spacial score (nSPS) is 14.7. The summed E-state index contributed by atoms with van der Waals surface area (Å²) in [6.45, 7) is -2.22. The number of ether oxygens (including phenoxy) is 1. The van der Waals surface area contributed by atoms with Crippen molar-refractivity contribution in [3.63, 3.8) is 0 Å². The molecule has 3 rings (SSSR count). The van der Waals surface area contributed by atoms with Gasteiger partial charge < -0.3 is 19.9 Å². The van der Waals surface area contributed by atoms with E-state index < -0.39 is 12.4 Å². The lowest BCUT2D eigenvalue weighted by Crippen LogP contribution is -2.55. The van der Waals surface area contributed by atoms with Crippen LogP contribution in [0.2, 0.25) is 0 Å². The van der Waals surface area contributed by atoms with Crippen LogP contribution in [0.15, 0.2) is 35.6 Å². The molecule has 1 aromatic carbocycles. The Labute approximate surface area is 188 Å². The number of hydrogen-bond donors (Lipinski definition) is 1. The number of alkyl halides is 2. The molecule has 30 heavy (non-hydrogen) atoms. The Morgan fingerprint density at radius 1 is 1.37 bits per heavy atom. The van der Waals surface area contributed by atoms with Crippen LogP contribution < -0.4 is 15.0 Å². The minimum absolute atomic E-state index is 0. The standard InChI is InChI=1S/C18H21F3N6O2.HI/c1-22-18(23-9-13-14(19)4-3-5-15(13)29-17(20)21)26-6-7-27(16(28)11-26)12-8-24-25(2)10-12;/h3-5,8,10,17H,6-7,9,11H2,1-2H3,(H,22,23);1H. The number of guanidine groups is 1. The predicted molar refractivity (Wildman–Crippen MR) is 116 cm³/mol. The topological polar surface area (TPSA) is 75.0 Å². The summed E-state index contributed by atoms with van der Waals surface area (Å²) < 4.78 is 45.2. The second kappa shape index (κ2) is 10.5. The third kappa shape index (κ3) is 5.55. The van der Waals surface area contributed by atoms with Crippen molar-refractivity contribution in [2.75, 3.05) is 31.6 Å². The van der Waals surface area contributed by atoms with Crippen molar-refractivity contribution in [1.82, 2.24) is 20.0 Å². The summed E-state index contributed by atoms with van der Waals surface area (Å²) in [6, 6.07) is 3.72. The molecule has 1 saturated heterocycles. The number of nitrogens with one attached hydrogen (secondary N) is 1. The Morgan fingerprint density at radius 2 is 2.13 bits per heavy atom. The first-order valence-electron chi connectivity index (χ1n) is 8.86. The zero-order valence-electron chi connectivity index (χ0n) is 16.4. The lowest BCUT2D eigenvalue weighted by Gasteiger charge is -2.35. The van der Waals surface area contributed by atoms with Crippen LogP contribution in [0.4, 0.5) is 18.9 Å². The number of benzene rings is 1. The fraction of sp³-hybridized carbons (Fsp3) is 0.389. The first kappa shape index (κ1) is 23.8. The molecule has 2 aromatic rings. The van der Waals surface area contributed by atoms with Gasteiger partial charge in [-0.15, -0.1) is 24.0 Å². The number of halogens is 4. The highest BCUT2D eigenvalue weighted by Crippen LogP contribution is 2.23. The van der Waals surface area contributed by atoms with E-state index in [9.17, 15) is 18.0 Å². The highest BCUT2D eigenvalue weighted by atomic mass is 127. The van der Waals surface area contributed by atoms with Crippen LogP contribution in [0.1, 0.15) is 5.56 Å². The van der Waals surface area contributed by atoms with Gasteiger partial charge in [-0.1, -0.05) is 6.07 Å².